The highest BCUT2D eigenvalue weighted by Gasteiger charge is 2.42. The van der Waals surface area contributed by atoms with Gasteiger partial charge in [0, 0.05) is 37.4 Å². The molecule has 2 amide bonds. The lowest BCUT2D eigenvalue weighted by molar-refractivity contribution is -0.137. The highest BCUT2D eigenvalue weighted by Crippen LogP contribution is 2.36. The SMILES string of the molecule is CCC(NC)C(=O)N[C@H](C(=O)N1CC[C@H]2CN(CCc3ccccc3)C=C21)C1CCCCC1. The number of carbonyl (C=O) groups is 2. The summed E-state index contributed by atoms with van der Waals surface area (Å²) in [7, 11) is 1.81. The van der Waals surface area contributed by atoms with E-state index in [1.807, 2.05) is 18.9 Å². The van der Waals surface area contributed by atoms with E-state index in [1.54, 1.807) is 0 Å². The largest absolute Gasteiger partial charge is 0.375 e. The van der Waals surface area contributed by atoms with E-state index >= 15 is 0 Å². The Morgan fingerprint density at radius 1 is 1.09 bits per heavy atom. The van der Waals surface area contributed by atoms with Crippen LogP contribution in [0, 0.1) is 11.8 Å². The fourth-order valence-corrected chi connectivity index (χ4v) is 5.77. The van der Waals surface area contributed by atoms with Crippen molar-refractivity contribution < 1.29 is 9.59 Å². The molecule has 1 saturated carbocycles. The smallest absolute Gasteiger partial charge is 0.249 e. The van der Waals surface area contributed by atoms with Crippen molar-refractivity contribution in [3.05, 3.63) is 47.8 Å². The van der Waals surface area contributed by atoms with E-state index in [0.717, 1.165) is 63.9 Å². The third-order valence-corrected chi connectivity index (χ3v) is 7.76. The first-order valence-corrected chi connectivity index (χ1v) is 12.9. The van der Waals surface area contributed by atoms with Crippen LogP contribution >= 0.6 is 0 Å². The van der Waals surface area contributed by atoms with Crippen LogP contribution in [0.1, 0.15) is 57.4 Å². The predicted octanol–water partition coefficient (Wildman–Crippen LogP) is 3.30. The molecule has 1 saturated heterocycles. The summed E-state index contributed by atoms with van der Waals surface area (Å²) >= 11 is 0. The van der Waals surface area contributed by atoms with Crippen molar-refractivity contribution in [2.24, 2.45) is 11.8 Å². The number of fused-ring (bicyclic) bond motifs is 1. The number of hydrogen-bond donors (Lipinski definition) is 2. The van der Waals surface area contributed by atoms with E-state index in [1.165, 1.54) is 12.0 Å². The average molecular weight is 453 g/mol. The number of rotatable bonds is 9. The summed E-state index contributed by atoms with van der Waals surface area (Å²) < 4.78 is 0. The Hall–Kier alpha value is -2.34. The second-order valence-electron chi connectivity index (χ2n) is 9.89. The molecule has 1 unspecified atom stereocenters. The van der Waals surface area contributed by atoms with Crippen molar-refractivity contribution in [1.29, 1.82) is 0 Å². The van der Waals surface area contributed by atoms with Crippen molar-refractivity contribution in [1.82, 2.24) is 20.4 Å². The minimum Gasteiger partial charge on any atom is -0.375 e. The summed E-state index contributed by atoms with van der Waals surface area (Å²) in [5.74, 6) is 0.706. The molecule has 3 aliphatic rings. The Kier molecular flexibility index (Phi) is 8.07. The van der Waals surface area contributed by atoms with Gasteiger partial charge in [0.1, 0.15) is 6.04 Å². The minimum atomic E-state index is -0.418. The zero-order valence-corrected chi connectivity index (χ0v) is 20.3. The predicted molar refractivity (Wildman–Crippen MR) is 131 cm³/mol. The van der Waals surface area contributed by atoms with Gasteiger partial charge >= 0.3 is 0 Å². The van der Waals surface area contributed by atoms with Gasteiger partial charge in [-0.25, -0.2) is 0 Å². The molecule has 2 heterocycles. The van der Waals surface area contributed by atoms with Crippen molar-refractivity contribution in [2.45, 2.75) is 70.4 Å². The second-order valence-corrected chi connectivity index (χ2v) is 9.89. The number of hydrogen-bond acceptors (Lipinski definition) is 4. The molecule has 180 valence electrons. The van der Waals surface area contributed by atoms with Crippen molar-refractivity contribution >= 4 is 11.8 Å². The van der Waals surface area contributed by atoms with Crippen LogP contribution in [0.25, 0.3) is 0 Å². The van der Waals surface area contributed by atoms with E-state index in [2.05, 4.69) is 52.1 Å². The summed E-state index contributed by atoms with van der Waals surface area (Å²) in [6.45, 7) is 4.72. The Labute approximate surface area is 198 Å². The standard InChI is InChI=1S/C27H40N4O2/c1-3-23(28-2)26(32)29-25(21-12-8-5-9-13-21)27(33)31-17-15-22-18-30(19-24(22)31)16-14-20-10-6-4-7-11-20/h4,6-7,10-11,19,21-23,25,28H,3,5,8-9,12-18H2,1-2H3,(H,29,32)/t22-,23?,25-/m0/s1. The topological polar surface area (TPSA) is 64.7 Å². The van der Waals surface area contributed by atoms with Crippen LogP contribution in [0.15, 0.2) is 42.2 Å². The van der Waals surface area contributed by atoms with Gasteiger partial charge in [0.15, 0.2) is 0 Å². The molecule has 3 atom stereocenters. The summed E-state index contributed by atoms with van der Waals surface area (Å²) in [5, 5.41) is 6.25. The van der Waals surface area contributed by atoms with Gasteiger partial charge in [0.25, 0.3) is 0 Å². The first kappa shape index (κ1) is 23.8. The monoisotopic (exact) mass is 452 g/mol. The van der Waals surface area contributed by atoms with Crippen LogP contribution in [-0.2, 0) is 16.0 Å². The summed E-state index contributed by atoms with van der Waals surface area (Å²) in [4.78, 5) is 31.1. The number of amides is 2. The maximum absolute atomic E-state index is 13.8. The molecule has 1 aliphatic carbocycles. The molecule has 6 nitrogen and oxygen atoms in total. The fraction of sp³-hybridized carbons (Fsp3) is 0.630. The highest BCUT2D eigenvalue weighted by molar-refractivity contribution is 5.91. The summed E-state index contributed by atoms with van der Waals surface area (Å²) in [6, 6.07) is 9.90. The zero-order chi connectivity index (χ0) is 23.2. The van der Waals surface area contributed by atoms with Gasteiger partial charge in [-0.1, -0.05) is 56.5 Å². The van der Waals surface area contributed by atoms with Gasteiger partial charge in [-0.2, -0.15) is 0 Å². The normalized spacial score (nSPS) is 22.6. The molecule has 2 fully saturated rings. The van der Waals surface area contributed by atoms with Crippen LogP contribution in [0.4, 0.5) is 0 Å². The van der Waals surface area contributed by atoms with E-state index < -0.39 is 6.04 Å². The number of carbonyl (C=O) groups excluding carboxylic acids is 2. The number of likely N-dealkylation sites (N-methyl/N-ethyl adjacent to an activating group) is 1. The number of nitrogens with zero attached hydrogens (tertiary/aromatic N) is 2. The molecular weight excluding hydrogens is 412 g/mol. The lowest BCUT2D eigenvalue weighted by atomic mass is 9.83. The van der Waals surface area contributed by atoms with Gasteiger partial charge in [0.2, 0.25) is 11.8 Å². The van der Waals surface area contributed by atoms with E-state index in [4.69, 9.17) is 0 Å². The number of likely N-dealkylation sites (tertiary alicyclic amines) is 1. The molecule has 1 aromatic rings. The maximum Gasteiger partial charge on any atom is 0.249 e. The van der Waals surface area contributed by atoms with Crippen LogP contribution in [0.2, 0.25) is 0 Å². The van der Waals surface area contributed by atoms with E-state index in [9.17, 15) is 9.59 Å². The van der Waals surface area contributed by atoms with Gasteiger partial charge in [-0.3, -0.25) is 9.59 Å². The van der Waals surface area contributed by atoms with Crippen LogP contribution < -0.4 is 10.6 Å². The van der Waals surface area contributed by atoms with Crippen molar-refractivity contribution in [3.63, 3.8) is 0 Å². The molecule has 1 aromatic carbocycles. The average Bonchev–Trinajstić information content (AvgIpc) is 3.43. The van der Waals surface area contributed by atoms with E-state index in [0.29, 0.717) is 12.3 Å². The first-order chi connectivity index (χ1) is 16.1. The third-order valence-electron chi connectivity index (χ3n) is 7.76. The molecule has 4 rings (SSSR count). The number of benzene rings is 1. The molecule has 0 radical (unpaired) electrons. The quantitative estimate of drug-likeness (QED) is 0.603. The van der Waals surface area contributed by atoms with Gasteiger partial charge in [-0.05, 0) is 50.6 Å². The molecule has 33 heavy (non-hydrogen) atoms. The molecule has 0 aromatic heterocycles. The van der Waals surface area contributed by atoms with Crippen LogP contribution in [-0.4, -0.2) is 60.4 Å². The molecule has 0 bridgehead atoms. The zero-order valence-electron chi connectivity index (χ0n) is 20.3. The van der Waals surface area contributed by atoms with Crippen LogP contribution in [0.5, 0.6) is 0 Å². The van der Waals surface area contributed by atoms with Crippen molar-refractivity contribution in [3.8, 4) is 0 Å². The maximum atomic E-state index is 13.8. The molecular formula is C27H40N4O2. The van der Waals surface area contributed by atoms with Gasteiger partial charge in [-0.15, -0.1) is 0 Å². The third kappa shape index (κ3) is 5.60. The number of nitrogens with one attached hydrogen (secondary N) is 2. The Bertz CT molecular complexity index is 830. The van der Waals surface area contributed by atoms with E-state index in [-0.39, 0.29) is 23.8 Å². The summed E-state index contributed by atoms with van der Waals surface area (Å²) in [5.41, 5.74) is 2.50. The van der Waals surface area contributed by atoms with Crippen molar-refractivity contribution in [2.75, 3.05) is 26.7 Å². The summed E-state index contributed by atoms with van der Waals surface area (Å²) in [6.07, 6.45) is 10.5. The lowest BCUT2D eigenvalue weighted by Gasteiger charge is -2.34. The molecule has 6 heteroatoms. The molecule has 2 aliphatic heterocycles. The first-order valence-electron chi connectivity index (χ1n) is 12.9. The Balaban J connectivity index is 1.45. The van der Waals surface area contributed by atoms with Crippen LogP contribution in [0.3, 0.4) is 0 Å². The lowest BCUT2D eigenvalue weighted by Crippen LogP contribution is -2.55. The second kappa shape index (κ2) is 11.2. The highest BCUT2D eigenvalue weighted by atomic mass is 16.2. The Morgan fingerprint density at radius 2 is 1.85 bits per heavy atom. The fourth-order valence-electron chi connectivity index (χ4n) is 5.77. The van der Waals surface area contributed by atoms with Gasteiger partial charge < -0.3 is 20.4 Å². The Morgan fingerprint density at radius 3 is 2.55 bits per heavy atom. The molecule has 2 N–H and O–H groups in total. The molecule has 0 spiro atoms. The van der Waals surface area contributed by atoms with Gasteiger partial charge in [0.05, 0.1) is 6.04 Å². The minimum absolute atomic E-state index is 0.0513.